The summed E-state index contributed by atoms with van der Waals surface area (Å²) in [4.78, 5) is 12.7. The number of allylic oxidation sites excluding steroid dienone is 1. The van der Waals surface area contributed by atoms with Gasteiger partial charge in [-0.05, 0) is 42.0 Å². The third-order valence-electron chi connectivity index (χ3n) is 4.70. The van der Waals surface area contributed by atoms with Crippen LogP contribution in [0.4, 0.5) is 4.39 Å². The minimum absolute atomic E-state index is 0.0771. The maximum absolute atomic E-state index is 13.7. The predicted molar refractivity (Wildman–Crippen MR) is 110 cm³/mol. The van der Waals surface area contributed by atoms with Gasteiger partial charge in [0.25, 0.3) is 0 Å². The number of carbonyl (C=O) groups is 1. The van der Waals surface area contributed by atoms with Gasteiger partial charge in [-0.3, -0.25) is 4.79 Å². The second-order valence-electron chi connectivity index (χ2n) is 6.59. The average molecular weight is 406 g/mol. The van der Waals surface area contributed by atoms with Crippen LogP contribution in [0.1, 0.15) is 21.5 Å². The monoisotopic (exact) mass is 406 g/mol. The summed E-state index contributed by atoms with van der Waals surface area (Å²) in [7, 11) is 3.10. The molecule has 152 valence electrons. The standard InChI is InChI=1S/C24H19FO5/c1-27-20-10-7-15(11-22(20)28-2)12-23-24(26)18-9-8-17(13-21(18)30-23)29-14-16-5-3-4-6-19(16)25/h3-13H,14H2,1-2H3/b23-12+. The van der Waals surface area contributed by atoms with Crippen LogP contribution in [0.3, 0.4) is 0 Å². The summed E-state index contributed by atoms with van der Waals surface area (Å²) in [5.74, 6) is 1.68. The van der Waals surface area contributed by atoms with Gasteiger partial charge >= 0.3 is 0 Å². The number of carbonyl (C=O) groups excluding carboxylic acids is 1. The highest BCUT2D eigenvalue weighted by Gasteiger charge is 2.28. The van der Waals surface area contributed by atoms with Crippen LogP contribution in [0.15, 0.2) is 66.4 Å². The Morgan fingerprint density at radius 1 is 0.967 bits per heavy atom. The molecule has 30 heavy (non-hydrogen) atoms. The molecular formula is C24H19FO5. The van der Waals surface area contributed by atoms with Crippen molar-refractivity contribution < 1.29 is 28.1 Å². The van der Waals surface area contributed by atoms with Crippen LogP contribution in [0.25, 0.3) is 6.08 Å². The third kappa shape index (κ3) is 3.85. The molecule has 0 spiro atoms. The Morgan fingerprint density at radius 3 is 2.53 bits per heavy atom. The van der Waals surface area contributed by atoms with E-state index in [0.29, 0.717) is 34.1 Å². The van der Waals surface area contributed by atoms with Crippen molar-refractivity contribution >= 4 is 11.9 Å². The highest BCUT2D eigenvalue weighted by molar-refractivity contribution is 6.14. The molecule has 4 rings (SSSR count). The highest BCUT2D eigenvalue weighted by Crippen LogP contribution is 2.36. The number of fused-ring (bicyclic) bond motifs is 1. The Kier molecular flexibility index (Phi) is 5.39. The van der Waals surface area contributed by atoms with Crippen molar-refractivity contribution in [2.24, 2.45) is 0 Å². The molecule has 3 aromatic carbocycles. The first-order chi connectivity index (χ1) is 14.6. The van der Waals surface area contributed by atoms with Gasteiger partial charge in [-0.25, -0.2) is 4.39 Å². The molecule has 0 radical (unpaired) electrons. The lowest BCUT2D eigenvalue weighted by atomic mass is 10.1. The molecule has 3 aromatic rings. The Balaban J connectivity index is 1.53. The summed E-state index contributed by atoms with van der Waals surface area (Å²) in [6.45, 7) is 0.0771. The zero-order chi connectivity index (χ0) is 21.1. The lowest BCUT2D eigenvalue weighted by molar-refractivity contribution is 0.101. The molecule has 0 amide bonds. The van der Waals surface area contributed by atoms with Crippen molar-refractivity contribution in [1.29, 1.82) is 0 Å². The van der Waals surface area contributed by atoms with Crippen LogP contribution >= 0.6 is 0 Å². The number of rotatable bonds is 6. The Bertz CT molecular complexity index is 1140. The zero-order valence-electron chi connectivity index (χ0n) is 16.5. The molecule has 6 heteroatoms. The van der Waals surface area contributed by atoms with Gasteiger partial charge in [0.15, 0.2) is 17.3 Å². The molecule has 0 aliphatic carbocycles. The van der Waals surface area contributed by atoms with Crippen molar-refractivity contribution in [3.8, 4) is 23.0 Å². The van der Waals surface area contributed by atoms with Crippen molar-refractivity contribution in [1.82, 2.24) is 0 Å². The number of ether oxygens (including phenoxy) is 4. The molecule has 0 saturated heterocycles. The smallest absolute Gasteiger partial charge is 0.231 e. The van der Waals surface area contributed by atoms with E-state index in [2.05, 4.69) is 0 Å². The highest BCUT2D eigenvalue weighted by atomic mass is 19.1. The van der Waals surface area contributed by atoms with Crippen molar-refractivity contribution in [2.45, 2.75) is 6.61 Å². The maximum Gasteiger partial charge on any atom is 0.231 e. The molecule has 0 saturated carbocycles. The Labute approximate surface area is 173 Å². The fraction of sp³-hybridized carbons (Fsp3) is 0.125. The van der Waals surface area contributed by atoms with E-state index >= 15 is 0 Å². The summed E-state index contributed by atoms with van der Waals surface area (Å²) in [6, 6.07) is 16.7. The first kappa shape index (κ1) is 19.5. The quantitative estimate of drug-likeness (QED) is 0.537. The van der Waals surface area contributed by atoms with Gasteiger partial charge in [-0.15, -0.1) is 0 Å². The van der Waals surface area contributed by atoms with E-state index in [4.69, 9.17) is 18.9 Å². The molecule has 1 heterocycles. The normalized spacial score (nSPS) is 13.7. The third-order valence-corrected chi connectivity index (χ3v) is 4.70. The maximum atomic E-state index is 13.7. The summed E-state index contributed by atoms with van der Waals surface area (Å²) in [5.41, 5.74) is 1.63. The minimum atomic E-state index is -0.328. The SMILES string of the molecule is COc1ccc(/C=C2/Oc3cc(OCc4ccccc4F)ccc3C2=O)cc1OC. The van der Waals surface area contributed by atoms with Crippen LogP contribution in [0.2, 0.25) is 0 Å². The van der Waals surface area contributed by atoms with Gasteiger partial charge in [-0.2, -0.15) is 0 Å². The van der Waals surface area contributed by atoms with E-state index < -0.39 is 0 Å². The van der Waals surface area contributed by atoms with E-state index in [1.165, 1.54) is 6.07 Å². The lowest BCUT2D eigenvalue weighted by Crippen LogP contribution is -1.98. The fourth-order valence-corrected chi connectivity index (χ4v) is 3.13. The summed E-state index contributed by atoms with van der Waals surface area (Å²) >= 11 is 0. The van der Waals surface area contributed by atoms with Crippen LogP contribution in [0.5, 0.6) is 23.0 Å². The van der Waals surface area contributed by atoms with Crippen LogP contribution in [0, 0.1) is 5.82 Å². The average Bonchev–Trinajstić information content (AvgIpc) is 3.07. The first-order valence-electron chi connectivity index (χ1n) is 9.25. The molecule has 0 fully saturated rings. The van der Waals surface area contributed by atoms with Crippen molar-refractivity contribution in [2.75, 3.05) is 14.2 Å². The molecule has 1 aliphatic rings. The number of Topliss-reactive ketones (excluding diaryl/α,β-unsaturated/α-hetero) is 1. The molecule has 1 aliphatic heterocycles. The molecule has 5 nitrogen and oxygen atoms in total. The summed E-state index contributed by atoms with van der Waals surface area (Å²) in [5, 5.41) is 0. The van der Waals surface area contributed by atoms with Crippen LogP contribution < -0.4 is 18.9 Å². The number of hydrogen-bond acceptors (Lipinski definition) is 5. The molecule has 0 unspecified atom stereocenters. The van der Waals surface area contributed by atoms with Gasteiger partial charge in [0.1, 0.15) is 23.9 Å². The predicted octanol–water partition coefficient (Wildman–Crippen LogP) is 5.04. The number of methoxy groups -OCH3 is 2. The Morgan fingerprint density at radius 2 is 1.77 bits per heavy atom. The molecule has 0 N–H and O–H groups in total. The van der Waals surface area contributed by atoms with Crippen molar-refractivity contribution in [3.63, 3.8) is 0 Å². The van der Waals surface area contributed by atoms with Gasteiger partial charge in [-0.1, -0.05) is 24.3 Å². The van der Waals surface area contributed by atoms with E-state index in [0.717, 1.165) is 5.56 Å². The summed E-state index contributed by atoms with van der Waals surface area (Å²) in [6.07, 6.45) is 1.64. The van der Waals surface area contributed by atoms with Gasteiger partial charge in [0.05, 0.1) is 19.8 Å². The van der Waals surface area contributed by atoms with Crippen molar-refractivity contribution in [3.05, 3.63) is 88.9 Å². The van der Waals surface area contributed by atoms with Gasteiger partial charge < -0.3 is 18.9 Å². The largest absolute Gasteiger partial charge is 0.493 e. The number of halogens is 1. The number of ketones is 1. The molecule has 0 atom stereocenters. The van der Waals surface area contributed by atoms with E-state index in [1.807, 2.05) is 0 Å². The molecule has 0 bridgehead atoms. The number of benzene rings is 3. The van der Waals surface area contributed by atoms with Crippen LogP contribution in [-0.2, 0) is 6.61 Å². The van der Waals surface area contributed by atoms with Gasteiger partial charge in [0.2, 0.25) is 5.78 Å². The first-order valence-corrected chi connectivity index (χ1v) is 9.25. The molecular weight excluding hydrogens is 387 g/mol. The Hall–Kier alpha value is -3.80. The van der Waals surface area contributed by atoms with Gasteiger partial charge in [0, 0.05) is 11.6 Å². The summed E-state index contributed by atoms with van der Waals surface area (Å²) < 4.78 is 35.7. The van der Waals surface area contributed by atoms with Crippen LogP contribution in [-0.4, -0.2) is 20.0 Å². The number of hydrogen-bond donors (Lipinski definition) is 0. The molecule has 0 aromatic heterocycles. The fourth-order valence-electron chi connectivity index (χ4n) is 3.13. The topological polar surface area (TPSA) is 54.0 Å². The second kappa shape index (κ2) is 8.29. The minimum Gasteiger partial charge on any atom is -0.493 e. The lowest BCUT2D eigenvalue weighted by Gasteiger charge is -2.08. The van der Waals surface area contributed by atoms with E-state index in [-0.39, 0.29) is 24.0 Å². The second-order valence-corrected chi connectivity index (χ2v) is 6.59. The zero-order valence-corrected chi connectivity index (χ0v) is 16.5. The van der Waals surface area contributed by atoms with E-state index in [9.17, 15) is 9.18 Å². The van der Waals surface area contributed by atoms with E-state index in [1.54, 1.807) is 74.9 Å².